The van der Waals surface area contributed by atoms with Gasteiger partial charge in [-0.2, -0.15) is 0 Å². The van der Waals surface area contributed by atoms with E-state index in [4.69, 9.17) is 9.40 Å². The zero-order valence-corrected chi connectivity index (χ0v) is 17.2. The Bertz CT molecular complexity index is 802. The van der Waals surface area contributed by atoms with Gasteiger partial charge >= 0.3 is 0 Å². The molecule has 0 saturated carbocycles. The third kappa shape index (κ3) is 5.83. The van der Waals surface area contributed by atoms with Crippen molar-refractivity contribution in [2.24, 2.45) is 0 Å². The van der Waals surface area contributed by atoms with Crippen molar-refractivity contribution in [3.63, 3.8) is 0 Å². The van der Waals surface area contributed by atoms with Gasteiger partial charge in [0.05, 0.1) is 5.75 Å². The van der Waals surface area contributed by atoms with Crippen LogP contribution < -0.4 is 0 Å². The maximum absolute atomic E-state index is 12.2. The van der Waals surface area contributed by atoms with Crippen molar-refractivity contribution in [2.45, 2.75) is 50.7 Å². The normalized spacial score (nSPS) is 10.9. The molecule has 1 heterocycles. The van der Waals surface area contributed by atoms with E-state index < -0.39 is 0 Å². The number of benzene rings is 2. The SMILES string of the molecule is CCCCCCCC(=O)CSc1nc(-c2ccccc2)c(-c2ccccc2)o1. The summed E-state index contributed by atoms with van der Waals surface area (Å²) in [7, 11) is 0. The van der Waals surface area contributed by atoms with Crippen LogP contribution in [0, 0.1) is 0 Å². The first-order valence-corrected chi connectivity index (χ1v) is 11.0. The van der Waals surface area contributed by atoms with E-state index in [-0.39, 0.29) is 5.78 Å². The Hall–Kier alpha value is -2.33. The van der Waals surface area contributed by atoms with Crippen LogP contribution in [-0.4, -0.2) is 16.5 Å². The highest BCUT2D eigenvalue weighted by atomic mass is 32.2. The van der Waals surface area contributed by atoms with Gasteiger partial charge in [0.25, 0.3) is 5.22 Å². The molecule has 0 radical (unpaired) electrons. The number of carbonyl (C=O) groups excluding carboxylic acids is 1. The van der Waals surface area contributed by atoms with Gasteiger partial charge in [0.1, 0.15) is 11.5 Å². The van der Waals surface area contributed by atoms with Crippen LogP contribution in [0.15, 0.2) is 70.3 Å². The Morgan fingerprint density at radius 2 is 1.54 bits per heavy atom. The highest BCUT2D eigenvalue weighted by Gasteiger charge is 2.17. The molecule has 0 saturated heterocycles. The van der Waals surface area contributed by atoms with Crippen LogP contribution in [0.5, 0.6) is 0 Å². The van der Waals surface area contributed by atoms with Gasteiger partial charge in [-0.05, 0) is 6.42 Å². The number of hydrogen-bond acceptors (Lipinski definition) is 4. The minimum absolute atomic E-state index is 0.266. The molecule has 3 nitrogen and oxygen atoms in total. The van der Waals surface area contributed by atoms with Gasteiger partial charge in [-0.15, -0.1) is 0 Å². The molecule has 0 aliphatic heterocycles. The van der Waals surface area contributed by atoms with Crippen molar-refractivity contribution >= 4 is 17.5 Å². The van der Waals surface area contributed by atoms with Gasteiger partial charge in [-0.3, -0.25) is 4.79 Å². The van der Waals surface area contributed by atoms with E-state index in [1.165, 1.54) is 31.0 Å². The number of unbranched alkanes of at least 4 members (excludes halogenated alkanes) is 4. The minimum Gasteiger partial charge on any atom is -0.431 e. The molecular weight excluding hydrogens is 366 g/mol. The first-order valence-electron chi connectivity index (χ1n) is 10.0. The molecule has 3 rings (SSSR count). The van der Waals surface area contributed by atoms with E-state index in [1.807, 2.05) is 60.7 Å². The lowest BCUT2D eigenvalue weighted by molar-refractivity contribution is -0.116. The molecule has 0 spiro atoms. The first-order chi connectivity index (χ1) is 13.8. The van der Waals surface area contributed by atoms with Crippen LogP contribution in [0.25, 0.3) is 22.6 Å². The van der Waals surface area contributed by atoms with Gasteiger partial charge < -0.3 is 4.42 Å². The Balaban J connectivity index is 1.67. The van der Waals surface area contributed by atoms with Crippen LogP contribution in [0.1, 0.15) is 45.4 Å². The van der Waals surface area contributed by atoms with Crippen LogP contribution in [0.2, 0.25) is 0 Å². The third-order valence-corrected chi connectivity index (χ3v) is 5.49. The molecule has 4 heteroatoms. The average molecular weight is 394 g/mol. The topological polar surface area (TPSA) is 43.1 Å². The van der Waals surface area contributed by atoms with Gasteiger partial charge in [-0.1, -0.05) is 105 Å². The molecule has 2 aromatic carbocycles. The second-order valence-electron chi connectivity index (χ2n) is 6.88. The molecule has 0 fully saturated rings. The molecule has 0 atom stereocenters. The number of nitrogens with zero attached hydrogens (tertiary/aromatic N) is 1. The maximum Gasteiger partial charge on any atom is 0.257 e. The van der Waals surface area contributed by atoms with E-state index >= 15 is 0 Å². The maximum atomic E-state index is 12.2. The molecule has 0 N–H and O–H groups in total. The summed E-state index contributed by atoms with van der Waals surface area (Å²) >= 11 is 1.39. The Labute approximate surface area is 171 Å². The van der Waals surface area contributed by atoms with E-state index in [2.05, 4.69) is 6.92 Å². The quantitative estimate of drug-likeness (QED) is 0.259. The first kappa shape index (κ1) is 20.4. The summed E-state index contributed by atoms with van der Waals surface area (Å²) in [6, 6.07) is 20.0. The van der Waals surface area contributed by atoms with Crippen molar-refractivity contribution in [3.8, 4) is 22.6 Å². The summed E-state index contributed by atoms with van der Waals surface area (Å²) in [4.78, 5) is 16.9. The van der Waals surface area contributed by atoms with E-state index in [0.29, 0.717) is 17.4 Å². The number of oxazole rings is 1. The number of rotatable bonds is 11. The molecule has 1 aromatic heterocycles. The summed E-state index contributed by atoms with van der Waals surface area (Å²) in [6.45, 7) is 2.20. The van der Waals surface area contributed by atoms with Crippen LogP contribution in [0.4, 0.5) is 0 Å². The molecule has 3 aromatic rings. The second kappa shape index (κ2) is 10.9. The largest absolute Gasteiger partial charge is 0.431 e. The van der Waals surface area contributed by atoms with Crippen molar-refractivity contribution in [2.75, 3.05) is 5.75 Å². The fraction of sp³-hybridized carbons (Fsp3) is 0.333. The van der Waals surface area contributed by atoms with Crippen LogP contribution in [0.3, 0.4) is 0 Å². The molecule has 0 bridgehead atoms. The molecule has 28 heavy (non-hydrogen) atoms. The summed E-state index contributed by atoms with van der Waals surface area (Å²) < 4.78 is 6.06. The third-order valence-electron chi connectivity index (χ3n) is 4.61. The minimum atomic E-state index is 0.266. The Morgan fingerprint density at radius 3 is 2.21 bits per heavy atom. The zero-order chi connectivity index (χ0) is 19.6. The van der Waals surface area contributed by atoms with Crippen molar-refractivity contribution in [1.29, 1.82) is 0 Å². The van der Waals surface area contributed by atoms with Crippen LogP contribution >= 0.6 is 11.8 Å². The van der Waals surface area contributed by atoms with Crippen LogP contribution in [-0.2, 0) is 4.79 Å². The number of ketones is 1. The molecule has 0 amide bonds. The van der Waals surface area contributed by atoms with E-state index in [1.54, 1.807) is 0 Å². The summed E-state index contributed by atoms with van der Waals surface area (Å²) in [5, 5.41) is 0.553. The van der Waals surface area contributed by atoms with Gasteiger partial charge in [-0.25, -0.2) is 4.98 Å². The Morgan fingerprint density at radius 1 is 0.893 bits per heavy atom. The number of aromatic nitrogens is 1. The van der Waals surface area contributed by atoms with E-state index in [0.717, 1.165) is 35.4 Å². The predicted molar refractivity (Wildman–Crippen MR) is 116 cm³/mol. The second-order valence-corrected chi connectivity index (χ2v) is 7.81. The molecular formula is C24H27NO2S. The average Bonchev–Trinajstić information content (AvgIpc) is 3.18. The summed E-state index contributed by atoms with van der Waals surface area (Å²) in [5.41, 5.74) is 2.82. The van der Waals surface area contributed by atoms with Gasteiger partial charge in [0.2, 0.25) is 0 Å². The smallest absolute Gasteiger partial charge is 0.257 e. The predicted octanol–water partition coefficient (Wildman–Crippen LogP) is 7.03. The fourth-order valence-corrected chi connectivity index (χ4v) is 3.81. The Kier molecular flexibility index (Phi) is 7.92. The molecule has 0 unspecified atom stereocenters. The lowest BCUT2D eigenvalue weighted by Crippen LogP contribution is -2.01. The number of thioether (sulfide) groups is 1. The van der Waals surface area contributed by atoms with Crippen molar-refractivity contribution in [3.05, 3.63) is 60.7 Å². The number of carbonyl (C=O) groups is 1. The van der Waals surface area contributed by atoms with Gasteiger partial charge in [0, 0.05) is 17.5 Å². The van der Waals surface area contributed by atoms with Crippen molar-refractivity contribution in [1.82, 2.24) is 4.98 Å². The number of hydrogen-bond donors (Lipinski definition) is 0. The highest BCUT2D eigenvalue weighted by Crippen LogP contribution is 2.35. The summed E-state index contributed by atoms with van der Waals surface area (Å²) in [5.74, 6) is 1.43. The summed E-state index contributed by atoms with van der Waals surface area (Å²) in [6.07, 6.45) is 6.46. The zero-order valence-electron chi connectivity index (χ0n) is 16.4. The molecule has 0 aliphatic rings. The fourth-order valence-electron chi connectivity index (χ4n) is 3.08. The number of Topliss-reactive ketones (excluding diaryl/α,β-unsaturated/α-hetero) is 1. The monoisotopic (exact) mass is 393 g/mol. The van der Waals surface area contributed by atoms with Crippen molar-refractivity contribution < 1.29 is 9.21 Å². The molecule has 0 aliphatic carbocycles. The molecule has 146 valence electrons. The van der Waals surface area contributed by atoms with E-state index in [9.17, 15) is 4.79 Å². The standard InChI is InChI=1S/C24H27NO2S/c1-2-3-4-5-12-17-21(26)18-28-24-25-22(19-13-8-6-9-14-19)23(27-24)20-15-10-7-11-16-20/h6-11,13-16H,2-5,12,17-18H2,1H3. The van der Waals surface area contributed by atoms with Gasteiger partial charge in [0.15, 0.2) is 5.76 Å². The lowest BCUT2D eigenvalue weighted by atomic mass is 10.1. The highest BCUT2D eigenvalue weighted by molar-refractivity contribution is 7.99. The lowest BCUT2D eigenvalue weighted by Gasteiger charge is -2.00.